The molecule has 0 bridgehead atoms. The van der Waals surface area contributed by atoms with E-state index < -0.39 is 11.9 Å². The lowest BCUT2D eigenvalue weighted by molar-refractivity contribution is -0.139. The Labute approximate surface area is 133 Å². The van der Waals surface area contributed by atoms with Crippen LogP contribution in [0.1, 0.15) is 39.2 Å². The maximum atomic E-state index is 12.8. The summed E-state index contributed by atoms with van der Waals surface area (Å²) in [6, 6.07) is 9.44. The maximum absolute atomic E-state index is 12.8. The highest BCUT2D eigenvalue weighted by molar-refractivity contribution is 7.12. The SMILES string of the molecule is CCc1ccsc1C(=O)N1Cc2ccccc2C(C(=O)O)C1. The van der Waals surface area contributed by atoms with Crippen molar-refractivity contribution in [1.82, 2.24) is 4.90 Å². The van der Waals surface area contributed by atoms with Gasteiger partial charge in [0.25, 0.3) is 5.91 Å². The van der Waals surface area contributed by atoms with Gasteiger partial charge in [-0.2, -0.15) is 0 Å². The van der Waals surface area contributed by atoms with Gasteiger partial charge in [0.2, 0.25) is 0 Å². The van der Waals surface area contributed by atoms with Crippen molar-refractivity contribution < 1.29 is 14.7 Å². The Morgan fingerprint density at radius 1 is 1.32 bits per heavy atom. The van der Waals surface area contributed by atoms with Gasteiger partial charge in [0.1, 0.15) is 0 Å². The Morgan fingerprint density at radius 3 is 2.82 bits per heavy atom. The first kappa shape index (κ1) is 14.8. The van der Waals surface area contributed by atoms with Gasteiger partial charge in [-0.3, -0.25) is 9.59 Å². The second-order valence-electron chi connectivity index (χ2n) is 5.40. The topological polar surface area (TPSA) is 57.6 Å². The van der Waals surface area contributed by atoms with Gasteiger partial charge in [0.05, 0.1) is 10.8 Å². The van der Waals surface area contributed by atoms with Crippen molar-refractivity contribution in [3.8, 4) is 0 Å². The second-order valence-corrected chi connectivity index (χ2v) is 6.32. The molecule has 1 aromatic carbocycles. The van der Waals surface area contributed by atoms with Crippen LogP contribution in [-0.2, 0) is 17.8 Å². The van der Waals surface area contributed by atoms with Gasteiger partial charge in [-0.05, 0) is 34.6 Å². The molecule has 4 nitrogen and oxygen atoms in total. The first-order chi connectivity index (χ1) is 10.6. The molecule has 0 fully saturated rings. The van der Waals surface area contributed by atoms with E-state index in [4.69, 9.17) is 0 Å². The number of aryl methyl sites for hydroxylation is 1. The third kappa shape index (κ3) is 2.52. The van der Waals surface area contributed by atoms with Crippen molar-refractivity contribution in [3.05, 3.63) is 57.3 Å². The largest absolute Gasteiger partial charge is 0.481 e. The Hall–Kier alpha value is -2.14. The number of fused-ring (bicyclic) bond motifs is 1. The molecule has 5 heteroatoms. The monoisotopic (exact) mass is 315 g/mol. The van der Waals surface area contributed by atoms with Gasteiger partial charge < -0.3 is 10.0 Å². The van der Waals surface area contributed by atoms with E-state index in [1.165, 1.54) is 11.3 Å². The van der Waals surface area contributed by atoms with E-state index in [0.717, 1.165) is 28.0 Å². The molecule has 0 spiro atoms. The number of hydrogen-bond donors (Lipinski definition) is 1. The molecule has 22 heavy (non-hydrogen) atoms. The summed E-state index contributed by atoms with van der Waals surface area (Å²) in [5.74, 6) is -1.60. The number of thiophene rings is 1. The number of carboxylic acids is 1. The van der Waals surface area contributed by atoms with Crippen LogP contribution in [0.5, 0.6) is 0 Å². The highest BCUT2D eigenvalue weighted by atomic mass is 32.1. The summed E-state index contributed by atoms with van der Waals surface area (Å²) < 4.78 is 0. The van der Waals surface area contributed by atoms with Crippen LogP contribution in [0.3, 0.4) is 0 Å². The number of benzene rings is 1. The van der Waals surface area contributed by atoms with Crippen molar-refractivity contribution in [2.24, 2.45) is 0 Å². The molecule has 1 aliphatic heterocycles. The molecule has 1 unspecified atom stereocenters. The fourth-order valence-corrected chi connectivity index (χ4v) is 3.88. The smallest absolute Gasteiger partial charge is 0.312 e. The highest BCUT2D eigenvalue weighted by Crippen LogP contribution is 2.30. The molecule has 1 amide bonds. The summed E-state index contributed by atoms with van der Waals surface area (Å²) >= 11 is 1.43. The fourth-order valence-electron chi connectivity index (χ4n) is 2.92. The Bertz CT molecular complexity index is 722. The van der Waals surface area contributed by atoms with Crippen LogP contribution in [0.4, 0.5) is 0 Å². The summed E-state index contributed by atoms with van der Waals surface area (Å²) in [6.07, 6.45) is 0.803. The van der Waals surface area contributed by atoms with E-state index >= 15 is 0 Å². The molecule has 3 rings (SSSR count). The lowest BCUT2D eigenvalue weighted by Gasteiger charge is -2.32. The lowest BCUT2D eigenvalue weighted by atomic mass is 9.89. The number of nitrogens with zero attached hydrogens (tertiary/aromatic N) is 1. The average molecular weight is 315 g/mol. The molecule has 0 saturated carbocycles. The minimum atomic E-state index is -0.883. The molecule has 0 radical (unpaired) electrons. The first-order valence-corrected chi connectivity index (χ1v) is 8.16. The second kappa shape index (κ2) is 5.93. The van der Waals surface area contributed by atoms with Gasteiger partial charge in [-0.1, -0.05) is 31.2 Å². The van der Waals surface area contributed by atoms with Gasteiger partial charge in [-0.25, -0.2) is 0 Å². The molecule has 1 atom stereocenters. The molecular formula is C17H17NO3S. The van der Waals surface area contributed by atoms with Crippen LogP contribution in [0, 0.1) is 0 Å². The molecule has 2 heterocycles. The zero-order chi connectivity index (χ0) is 15.7. The van der Waals surface area contributed by atoms with E-state index in [9.17, 15) is 14.7 Å². The average Bonchev–Trinajstić information content (AvgIpc) is 3.01. The number of amides is 1. The Kier molecular flexibility index (Phi) is 3.98. The summed E-state index contributed by atoms with van der Waals surface area (Å²) in [5.41, 5.74) is 2.77. The van der Waals surface area contributed by atoms with Crippen LogP contribution < -0.4 is 0 Å². The third-order valence-electron chi connectivity index (χ3n) is 4.10. The quantitative estimate of drug-likeness (QED) is 0.946. The van der Waals surface area contributed by atoms with Crippen LogP contribution >= 0.6 is 11.3 Å². The summed E-state index contributed by atoms with van der Waals surface area (Å²) in [6.45, 7) is 2.72. The molecule has 114 valence electrons. The van der Waals surface area contributed by atoms with Crippen molar-refractivity contribution >= 4 is 23.2 Å². The van der Waals surface area contributed by atoms with E-state index in [0.29, 0.717) is 6.54 Å². The molecule has 1 N–H and O–H groups in total. The third-order valence-corrected chi connectivity index (χ3v) is 5.05. The summed E-state index contributed by atoms with van der Waals surface area (Å²) in [7, 11) is 0. The van der Waals surface area contributed by atoms with Crippen LogP contribution in [0.25, 0.3) is 0 Å². The van der Waals surface area contributed by atoms with Crippen LogP contribution in [-0.4, -0.2) is 28.4 Å². The van der Waals surface area contributed by atoms with Gasteiger partial charge in [0.15, 0.2) is 0 Å². The number of carboxylic acid groups (broad SMARTS) is 1. The minimum absolute atomic E-state index is 0.0624. The molecule has 2 aromatic rings. The van der Waals surface area contributed by atoms with Gasteiger partial charge in [-0.15, -0.1) is 11.3 Å². The number of carbonyl (C=O) groups is 2. The normalized spacial score (nSPS) is 17.1. The van der Waals surface area contributed by atoms with Crippen molar-refractivity contribution in [3.63, 3.8) is 0 Å². The van der Waals surface area contributed by atoms with Crippen LogP contribution in [0.15, 0.2) is 35.7 Å². The van der Waals surface area contributed by atoms with Gasteiger partial charge in [0, 0.05) is 13.1 Å². The fraction of sp³-hybridized carbons (Fsp3) is 0.294. The predicted octanol–water partition coefficient (Wildman–Crippen LogP) is 3.13. The number of hydrogen-bond acceptors (Lipinski definition) is 3. The Balaban J connectivity index is 1.94. The highest BCUT2D eigenvalue weighted by Gasteiger charge is 2.33. The van der Waals surface area contributed by atoms with Crippen molar-refractivity contribution in [2.75, 3.05) is 6.54 Å². The van der Waals surface area contributed by atoms with Crippen LogP contribution in [0.2, 0.25) is 0 Å². The number of carbonyl (C=O) groups excluding carboxylic acids is 1. The van der Waals surface area contributed by atoms with E-state index in [2.05, 4.69) is 0 Å². The van der Waals surface area contributed by atoms with E-state index in [1.807, 2.05) is 42.6 Å². The Morgan fingerprint density at radius 2 is 2.09 bits per heavy atom. The molecule has 0 aliphatic carbocycles. The molecule has 1 aliphatic rings. The zero-order valence-corrected chi connectivity index (χ0v) is 13.1. The maximum Gasteiger partial charge on any atom is 0.312 e. The molecular weight excluding hydrogens is 298 g/mol. The van der Waals surface area contributed by atoms with E-state index in [-0.39, 0.29) is 12.5 Å². The first-order valence-electron chi connectivity index (χ1n) is 7.28. The standard InChI is InChI=1S/C17H17NO3S/c1-2-11-7-8-22-15(11)16(19)18-9-12-5-3-4-6-13(12)14(10-18)17(20)21/h3-8,14H,2,9-10H2,1H3,(H,20,21). The zero-order valence-electron chi connectivity index (χ0n) is 12.3. The molecule has 0 saturated heterocycles. The number of rotatable bonds is 3. The molecule has 1 aromatic heterocycles. The van der Waals surface area contributed by atoms with Crippen molar-refractivity contribution in [2.45, 2.75) is 25.8 Å². The van der Waals surface area contributed by atoms with Crippen molar-refractivity contribution in [1.29, 1.82) is 0 Å². The summed E-state index contributed by atoms with van der Waals surface area (Å²) in [4.78, 5) is 26.7. The van der Waals surface area contributed by atoms with Gasteiger partial charge >= 0.3 is 5.97 Å². The lowest BCUT2D eigenvalue weighted by Crippen LogP contribution is -2.40. The minimum Gasteiger partial charge on any atom is -0.481 e. The summed E-state index contributed by atoms with van der Waals surface area (Å²) in [5, 5.41) is 11.4. The predicted molar refractivity (Wildman–Crippen MR) is 85.3 cm³/mol. The number of aliphatic carboxylic acids is 1. The van der Waals surface area contributed by atoms with E-state index in [1.54, 1.807) is 4.90 Å².